The lowest BCUT2D eigenvalue weighted by atomic mass is 10.1. The van der Waals surface area contributed by atoms with Gasteiger partial charge < -0.3 is 10.1 Å². The second-order valence-corrected chi connectivity index (χ2v) is 5.34. The van der Waals surface area contributed by atoms with Gasteiger partial charge in [-0.1, -0.05) is 23.7 Å². The van der Waals surface area contributed by atoms with E-state index >= 15 is 0 Å². The summed E-state index contributed by atoms with van der Waals surface area (Å²) in [5, 5.41) is 4.16. The molecule has 100 valence electrons. The zero-order valence-corrected chi connectivity index (χ0v) is 11.8. The van der Waals surface area contributed by atoms with Gasteiger partial charge in [-0.05, 0) is 26.0 Å². The SMILES string of the molecule is CC1CN(CCOc2ccccc2Cl)C(C)CN1. The standard InChI is InChI=1S/C14H21ClN2O/c1-11-10-17(12(2)9-16-11)7-8-18-14-6-4-3-5-13(14)15/h3-6,11-12,16H,7-10H2,1-2H3. The molecule has 1 aliphatic heterocycles. The second kappa shape index (κ2) is 6.41. The summed E-state index contributed by atoms with van der Waals surface area (Å²) < 4.78 is 5.73. The van der Waals surface area contributed by atoms with Crippen LogP contribution in [0, 0.1) is 0 Å². The lowest BCUT2D eigenvalue weighted by Gasteiger charge is -2.37. The number of hydrogen-bond donors (Lipinski definition) is 1. The van der Waals surface area contributed by atoms with Crippen LogP contribution >= 0.6 is 11.6 Å². The van der Waals surface area contributed by atoms with Gasteiger partial charge in [0.25, 0.3) is 0 Å². The molecule has 0 spiro atoms. The maximum atomic E-state index is 6.05. The number of para-hydroxylation sites is 1. The second-order valence-electron chi connectivity index (χ2n) is 4.93. The smallest absolute Gasteiger partial charge is 0.137 e. The van der Waals surface area contributed by atoms with E-state index in [1.807, 2.05) is 24.3 Å². The Hall–Kier alpha value is -0.770. The maximum absolute atomic E-state index is 6.05. The summed E-state index contributed by atoms with van der Waals surface area (Å²) in [5.41, 5.74) is 0. The molecule has 4 heteroatoms. The molecular weight excluding hydrogens is 248 g/mol. The van der Waals surface area contributed by atoms with E-state index in [2.05, 4.69) is 24.1 Å². The van der Waals surface area contributed by atoms with Crippen molar-refractivity contribution in [3.05, 3.63) is 29.3 Å². The van der Waals surface area contributed by atoms with E-state index in [1.165, 1.54) is 0 Å². The van der Waals surface area contributed by atoms with Gasteiger partial charge in [0.2, 0.25) is 0 Å². The van der Waals surface area contributed by atoms with Crippen molar-refractivity contribution in [3.8, 4) is 5.75 Å². The summed E-state index contributed by atoms with van der Waals surface area (Å²) in [6, 6.07) is 8.74. The van der Waals surface area contributed by atoms with Gasteiger partial charge in [-0.25, -0.2) is 0 Å². The van der Waals surface area contributed by atoms with E-state index in [-0.39, 0.29) is 0 Å². The Labute approximate surface area is 114 Å². The van der Waals surface area contributed by atoms with Crippen LogP contribution in [0.1, 0.15) is 13.8 Å². The molecule has 3 nitrogen and oxygen atoms in total. The average Bonchev–Trinajstić information content (AvgIpc) is 2.36. The number of rotatable bonds is 4. The third kappa shape index (κ3) is 3.61. The van der Waals surface area contributed by atoms with E-state index < -0.39 is 0 Å². The summed E-state index contributed by atoms with van der Waals surface area (Å²) in [6.07, 6.45) is 0. The van der Waals surface area contributed by atoms with Crippen LogP contribution in [0.15, 0.2) is 24.3 Å². The van der Waals surface area contributed by atoms with Gasteiger partial charge in [0, 0.05) is 31.7 Å². The molecule has 1 heterocycles. The van der Waals surface area contributed by atoms with Crippen molar-refractivity contribution >= 4 is 11.6 Å². The number of nitrogens with one attached hydrogen (secondary N) is 1. The number of benzene rings is 1. The van der Waals surface area contributed by atoms with E-state index in [1.54, 1.807) is 0 Å². The maximum Gasteiger partial charge on any atom is 0.137 e. The third-order valence-electron chi connectivity index (χ3n) is 3.37. The molecular formula is C14H21ClN2O. The first-order chi connectivity index (χ1) is 8.66. The van der Waals surface area contributed by atoms with Gasteiger partial charge in [0.05, 0.1) is 5.02 Å². The number of ether oxygens (including phenoxy) is 1. The van der Waals surface area contributed by atoms with Gasteiger partial charge in [0.15, 0.2) is 0 Å². The molecule has 18 heavy (non-hydrogen) atoms. The van der Waals surface area contributed by atoms with Crippen molar-refractivity contribution in [2.75, 3.05) is 26.2 Å². The van der Waals surface area contributed by atoms with Crippen LogP contribution < -0.4 is 10.1 Å². The molecule has 2 atom stereocenters. The van der Waals surface area contributed by atoms with Gasteiger partial charge >= 0.3 is 0 Å². The molecule has 0 saturated carbocycles. The van der Waals surface area contributed by atoms with E-state index in [0.717, 1.165) is 25.4 Å². The highest BCUT2D eigenvalue weighted by atomic mass is 35.5. The third-order valence-corrected chi connectivity index (χ3v) is 3.68. The molecule has 1 saturated heterocycles. The molecule has 1 aromatic carbocycles. The van der Waals surface area contributed by atoms with Crippen LogP contribution in [0.5, 0.6) is 5.75 Å². The van der Waals surface area contributed by atoms with Crippen LogP contribution in [-0.4, -0.2) is 43.2 Å². The largest absolute Gasteiger partial charge is 0.491 e. The molecule has 0 radical (unpaired) electrons. The summed E-state index contributed by atoms with van der Waals surface area (Å²) in [7, 11) is 0. The molecule has 1 N–H and O–H groups in total. The Morgan fingerprint density at radius 1 is 1.39 bits per heavy atom. The van der Waals surface area contributed by atoms with Crippen molar-refractivity contribution in [3.63, 3.8) is 0 Å². The molecule has 0 amide bonds. The highest BCUT2D eigenvalue weighted by Crippen LogP contribution is 2.23. The molecule has 0 aromatic heterocycles. The van der Waals surface area contributed by atoms with Crippen molar-refractivity contribution in [1.29, 1.82) is 0 Å². The zero-order valence-electron chi connectivity index (χ0n) is 11.0. The summed E-state index contributed by atoms with van der Waals surface area (Å²) in [6.45, 7) is 8.21. The minimum Gasteiger partial charge on any atom is -0.491 e. The summed E-state index contributed by atoms with van der Waals surface area (Å²) >= 11 is 6.05. The van der Waals surface area contributed by atoms with Crippen LogP contribution in [0.3, 0.4) is 0 Å². The molecule has 1 fully saturated rings. The number of hydrogen-bond acceptors (Lipinski definition) is 3. The fourth-order valence-corrected chi connectivity index (χ4v) is 2.43. The predicted octanol–water partition coefficient (Wildman–Crippen LogP) is 2.40. The van der Waals surface area contributed by atoms with Crippen molar-refractivity contribution in [1.82, 2.24) is 10.2 Å². The quantitative estimate of drug-likeness (QED) is 0.908. The number of piperazine rings is 1. The fraction of sp³-hybridized carbons (Fsp3) is 0.571. The Morgan fingerprint density at radius 3 is 2.94 bits per heavy atom. The van der Waals surface area contributed by atoms with E-state index in [9.17, 15) is 0 Å². The predicted molar refractivity (Wildman–Crippen MR) is 75.4 cm³/mol. The monoisotopic (exact) mass is 268 g/mol. The first-order valence-electron chi connectivity index (χ1n) is 6.51. The molecule has 0 bridgehead atoms. The van der Waals surface area contributed by atoms with Gasteiger partial charge in [0.1, 0.15) is 12.4 Å². The minimum atomic E-state index is 0.557. The van der Waals surface area contributed by atoms with E-state index in [4.69, 9.17) is 16.3 Å². The van der Waals surface area contributed by atoms with Crippen molar-refractivity contribution < 1.29 is 4.74 Å². The van der Waals surface area contributed by atoms with Crippen molar-refractivity contribution in [2.24, 2.45) is 0 Å². The number of halogens is 1. The molecule has 1 aromatic rings. The van der Waals surface area contributed by atoms with Crippen LogP contribution in [-0.2, 0) is 0 Å². The Morgan fingerprint density at radius 2 is 2.17 bits per heavy atom. The van der Waals surface area contributed by atoms with Gasteiger partial charge in [-0.15, -0.1) is 0 Å². The normalized spacial score (nSPS) is 25.1. The number of nitrogens with zero attached hydrogens (tertiary/aromatic N) is 1. The highest BCUT2D eigenvalue weighted by Gasteiger charge is 2.21. The Kier molecular flexibility index (Phi) is 4.87. The van der Waals surface area contributed by atoms with Gasteiger partial charge in [-0.3, -0.25) is 4.90 Å². The molecule has 0 aliphatic carbocycles. The summed E-state index contributed by atoms with van der Waals surface area (Å²) in [4.78, 5) is 2.46. The first-order valence-corrected chi connectivity index (χ1v) is 6.89. The first kappa shape index (κ1) is 13.7. The average molecular weight is 269 g/mol. The molecule has 2 rings (SSSR count). The van der Waals surface area contributed by atoms with Gasteiger partial charge in [-0.2, -0.15) is 0 Å². The fourth-order valence-electron chi connectivity index (χ4n) is 2.24. The minimum absolute atomic E-state index is 0.557. The Bertz CT molecular complexity index is 386. The topological polar surface area (TPSA) is 24.5 Å². The lowest BCUT2D eigenvalue weighted by molar-refractivity contribution is 0.123. The lowest BCUT2D eigenvalue weighted by Crippen LogP contribution is -2.55. The van der Waals surface area contributed by atoms with Crippen LogP contribution in [0.2, 0.25) is 5.02 Å². The van der Waals surface area contributed by atoms with Crippen LogP contribution in [0.25, 0.3) is 0 Å². The van der Waals surface area contributed by atoms with E-state index in [0.29, 0.717) is 23.7 Å². The molecule has 1 aliphatic rings. The zero-order chi connectivity index (χ0) is 13.0. The highest BCUT2D eigenvalue weighted by molar-refractivity contribution is 6.32. The van der Waals surface area contributed by atoms with Crippen molar-refractivity contribution in [2.45, 2.75) is 25.9 Å². The molecule has 2 unspecified atom stereocenters. The Balaban J connectivity index is 1.79. The van der Waals surface area contributed by atoms with Crippen LogP contribution in [0.4, 0.5) is 0 Å². The summed E-state index contributed by atoms with van der Waals surface area (Å²) in [5.74, 6) is 0.773.